The van der Waals surface area contributed by atoms with Crippen molar-refractivity contribution in [2.45, 2.75) is 11.6 Å². The van der Waals surface area contributed by atoms with Crippen LogP contribution >= 0.6 is 15.9 Å². The van der Waals surface area contributed by atoms with Gasteiger partial charge in [0.05, 0.1) is 12.5 Å². The first-order valence-electron chi connectivity index (χ1n) is 4.80. The highest BCUT2D eigenvalue weighted by Gasteiger charge is 2.14. The summed E-state index contributed by atoms with van der Waals surface area (Å²) in [5.41, 5.74) is 0.885. The van der Waals surface area contributed by atoms with E-state index in [1.807, 2.05) is 24.3 Å². The molecule has 0 radical (unpaired) electrons. The Labute approximate surface area is 107 Å². The molecule has 0 aliphatic rings. The van der Waals surface area contributed by atoms with Crippen LogP contribution in [0.4, 0.5) is 0 Å². The number of benzene rings is 1. The number of aromatic nitrogens is 2. The Bertz CT molecular complexity index is 579. The SMILES string of the molecule is O=S(=O)(NCc1ccc(Br)cc1)c1cnc[nH]1. The predicted molar refractivity (Wildman–Crippen MR) is 66.8 cm³/mol. The lowest BCUT2D eigenvalue weighted by Gasteiger charge is -2.04. The molecule has 0 amide bonds. The molecule has 0 saturated heterocycles. The first kappa shape index (κ1) is 12.3. The van der Waals surface area contributed by atoms with Crippen LogP contribution in [-0.2, 0) is 16.6 Å². The Morgan fingerprint density at radius 3 is 2.59 bits per heavy atom. The fourth-order valence-corrected chi connectivity index (χ4v) is 2.43. The molecule has 90 valence electrons. The molecule has 0 atom stereocenters. The van der Waals surface area contributed by atoms with Gasteiger partial charge in [-0.2, -0.15) is 0 Å². The Morgan fingerprint density at radius 1 is 1.29 bits per heavy atom. The normalized spacial score (nSPS) is 11.6. The van der Waals surface area contributed by atoms with Gasteiger partial charge in [-0.25, -0.2) is 18.1 Å². The maximum absolute atomic E-state index is 11.7. The molecule has 0 aliphatic heterocycles. The number of imidazole rings is 1. The van der Waals surface area contributed by atoms with E-state index in [1.165, 1.54) is 12.5 Å². The van der Waals surface area contributed by atoms with Gasteiger partial charge < -0.3 is 4.98 Å². The molecule has 0 aliphatic carbocycles. The van der Waals surface area contributed by atoms with Gasteiger partial charge in [0.25, 0.3) is 10.0 Å². The van der Waals surface area contributed by atoms with Gasteiger partial charge in [-0.05, 0) is 17.7 Å². The van der Waals surface area contributed by atoms with Crippen molar-refractivity contribution < 1.29 is 8.42 Å². The van der Waals surface area contributed by atoms with E-state index in [9.17, 15) is 8.42 Å². The van der Waals surface area contributed by atoms with Crippen LogP contribution in [0.3, 0.4) is 0 Å². The third-order valence-corrected chi connectivity index (χ3v) is 4.00. The van der Waals surface area contributed by atoms with E-state index in [0.29, 0.717) is 0 Å². The highest BCUT2D eigenvalue weighted by atomic mass is 79.9. The second-order valence-electron chi connectivity index (χ2n) is 3.37. The topological polar surface area (TPSA) is 74.8 Å². The number of H-pyrrole nitrogens is 1. The van der Waals surface area contributed by atoms with Crippen molar-refractivity contribution in [2.75, 3.05) is 0 Å². The second-order valence-corrected chi connectivity index (χ2v) is 6.02. The zero-order chi connectivity index (χ0) is 12.3. The van der Waals surface area contributed by atoms with E-state index in [1.54, 1.807) is 0 Å². The van der Waals surface area contributed by atoms with E-state index in [2.05, 4.69) is 30.6 Å². The van der Waals surface area contributed by atoms with Crippen molar-refractivity contribution in [3.63, 3.8) is 0 Å². The lowest BCUT2D eigenvalue weighted by Crippen LogP contribution is -2.23. The molecule has 2 rings (SSSR count). The molecule has 7 heteroatoms. The zero-order valence-corrected chi connectivity index (χ0v) is 11.1. The summed E-state index contributed by atoms with van der Waals surface area (Å²) in [6, 6.07) is 7.42. The highest BCUT2D eigenvalue weighted by Crippen LogP contribution is 2.11. The molecule has 0 bridgehead atoms. The van der Waals surface area contributed by atoms with Crippen LogP contribution in [0.15, 0.2) is 46.3 Å². The minimum Gasteiger partial charge on any atom is -0.335 e. The summed E-state index contributed by atoms with van der Waals surface area (Å²) in [5.74, 6) is 0. The standard InChI is InChI=1S/C10H10BrN3O2S/c11-9-3-1-8(2-4-9)5-14-17(15,16)10-6-12-7-13-10/h1-4,6-7,14H,5H2,(H,12,13). The van der Waals surface area contributed by atoms with Crippen LogP contribution in [-0.4, -0.2) is 18.4 Å². The molecular formula is C10H10BrN3O2S. The molecule has 0 saturated carbocycles. The van der Waals surface area contributed by atoms with Crippen molar-refractivity contribution in [3.05, 3.63) is 46.8 Å². The summed E-state index contributed by atoms with van der Waals surface area (Å²) in [6.45, 7) is 0.245. The van der Waals surface area contributed by atoms with Crippen molar-refractivity contribution in [1.29, 1.82) is 0 Å². The molecular weight excluding hydrogens is 306 g/mol. The average molecular weight is 316 g/mol. The summed E-state index contributed by atoms with van der Waals surface area (Å²) in [5, 5.41) is 0.0645. The minimum absolute atomic E-state index is 0.0645. The predicted octanol–water partition coefficient (Wildman–Crippen LogP) is 1.65. The zero-order valence-electron chi connectivity index (χ0n) is 8.72. The molecule has 0 spiro atoms. The van der Waals surface area contributed by atoms with Crippen LogP contribution in [0.1, 0.15) is 5.56 Å². The number of nitrogens with zero attached hydrogens (tertiary/aromatic N) is 1. The second kappa shape index (κ2) is 4.99. The third-order valence-electron chi connectivity index (χ3n) is 2.14. The van der Waals surface area contributed by atoms with E-state index in [0.717, 1.165) is 10.0 Å². The van der Waals surface area contributed by atoms with E-state index in [4.69, 9.17) is 0 Å². The summed E-state index contributed by atoms with van der Waals surface area (Å²) < 4.78 is 26.9. The molecule has 5 nitrogen and oxygen atoms in total. The number of aromatic amines is 1. The van der Waals surface area contributed by atoms with Gasteiger partial charge in [0.15, 0.2) is 5.03 Å². The van der Waals surface area contributed by atoms with E-state index < -0.39 is 10.0 Å². The van der Waals surface area contributed by atoms with Gasteiger partial charge in [-0.15, -0.1) is 0 Å². The highest BCUT2D eigenvalue weighted by molar-refractivity contribution is 9.10. The Morgan fingerprint density at radius 2 is 2.00 bits per heavy atom. The molecule has 0 fully saturated rings. The van der Waals surface area contributed by atoms with Crippen LogP contribution in [0, 0.1) is 0 Å². The molecule has 1 aromatic carbocycles. The van der Waals surface area contributed by atoms with Crippen LogP contribution < -0.4 is 4.72 Å². The van der Waals surface area contributed by atoms with Gasteiger partial charge in [-0.1, -0.05) is 28.1 Å². The lowest BCUT2D eigenvalue weighted by atomic mass is 10.2. The van der Waals surface area contributed by atoms with Gasteiger partial charge in [0.1, 0.15) is 0 Å². The van der Waals surface area contributed by atoms with E-state index >= 15 is 0 Å². The van der Waals surface area contributed by atoms with Gasteiger partial charge in [0.2, 0.25) is 0 Å². The summed E-state index contributed by atoms with van der Waals surface area (Å²) in [7, 11) is -3.51. The van der Waals surface area contributed by atoms with Crippen molar-refractivity contribution >= 4 is 26.0 Å². The fraction of sp³-hybridized carbons (Fsp3) is 0.100. The summed E-state index contributed by atoms with van der Waals surface area (Å²) in [4.78, 5) is 6.23. The molecule has 0 unspecified atom stereocenters. The first-order chi connectivity index (χ1) is 8.08. The van der Waals surface area contributed by atoms with Gasteiger partial charge in [-0.3, -0.25) is 0 Å². The summed E-state index contributed by atoms with van der Waals surface area (Å²) >= 11 is 3.32. The van der Waals surface area contributed by atoms with Crippen molar-refractivity contribution in [1.82, 2.24) is 14.7 Å². The fourth-order valence-electron chi connectivity index (χ4n) is 1.25. The Kier molecular flexibility index (Phi) is 3.60. The van der Waals surface area contributed by atoms with Crippen molar-refractivity contribution in [3.8, 4) is 0 Å². The Hall–Kier alpha value is -1.18. The maximum atomic E-state index is 11.7. The molecule has 1 heterocycles. The maximum Gasteiger partial charge on any atom is 0.257 e. The molecule has 17 heavy (non-hydrogen) atoms. The van der Waals surface area contributed by atoms with Crippen LogP contribution in [0.25, 0.3) is 0 Å². The minimum atomic E-state index is -3.51. The number of hydrogen-bond acceptors (Lipinski definition) is 3. The lowest BCUT2D eigenvalue weighted by molar-refractivity contribution is 0.578. The van der Waals surface area contributed by atoms with E-state index in [-0.39, 0.29) is 11.6 Å². The number of nitrogens with one attached hydrogen (secondary N) is 2. The summed E-state index contributed by atoms with van der Waals surface area (Å²) in [6.07, 6.45) is 2.60. The average Bonchev–Trinajstić information content (AvgIpc) is 2.82. The first-order valence-corrected chi connectivity index (χ1v) is 7.08. The monoisotopic (exact) mass is 315 g/mol. The number of halogens is 1. The van der Waals surface area contributed by atoms with Crippen molar-refractivity contribution in [2.24, 2.45) is 0 Å². The Balaban J connectivity index is 2.06. The largest absolute Gasteiger partial charge is 0.335 e. The molecule has 2 aromatic rings. The van der Waals surface area contributed by atoms with Gasteiger partial charge in [0, 0.05) is 11.0 Å². The van der Waals surface area contributed by atoms with Crippen LogP contribution in [0.5, 0.6) is 0 Å². The van der Waals surface area contributed by atoms with Crippen LogP contribution in [0.2, 0.25) is 0 Å². The third kappa shape index (κ3) is 3.15. The smallest absolute Gasteiger partial charge is 0.257 e. The van der Waals surface area contributed by atoms with Gasteiger partial charge >= 0.3 is 0 Å². The quantitative estimate of drug-likeness (QED) is 0.901. The molecule has 1 aromatic heterocycles. The number of hydrogen-bond donors (Lipinski definition) is 2. The number of sulfonamides is 1. The molecule has 2 N–H and O–H groups in total. The number of rotatable bonds is 4.